The fraction of sp³-hybridized carbons (Fsp3) is 1.00. The van der Waals surface area contributed by atoms with Gasteiger partial charge >= 0.3 is 0 Å². The molecule has 4 unspecified atom stereocenters. The zero-order valence-electron chi connectivity index (χ0n) is 9.98. The Morgan fingerprint density at radius 2 is 1.73 bits per heavy atom. The predicted molar refractivity (Wildman–Crippen MR) is 61.7 cm³/mol. The molecule has 3 heteroatoms. The molecule has 0 aromatic heterocycles. The Balaban J connectivity index is 1.74. The number of nitrogens with two attached hydrogens (primary N) is 1. The van der Waals surface area contributed by atoms with E-state index in [-0.39, 0.29) is 0 Å². The van der Waals surface area contributed by atoms with Crippen molar-refractivity contribution in [2.45, 2.75) is 38.9 Å². The van der Waals surface area contributed by atoms with Gasteiger partial charge < -0.3 is 15.4 Å². The van der Waals surface area contributed by atoms with E-state index in [1.54, 1.807) is 0 Å². The Morgan fingerprint density at radius 1 is 1.13 bits per heavy atom. The van der Waals surface area contributed by atoms with E-state index in [1.807, 2.05) is 0 Å². The highest BCUT2D eigenvalue weighted by Gasteiger charge is 2.31. The summed E-state index contributed by atoms with van der Waals surface area (Å²) in [5.41, 5.74) is 5.61. The molecule has 2 N–H and O–H groups in total. The number of nitrogens with zero attached hydrogens (tertiary/aromatic N) is 1. The maximum Gasteiger partial charge on any atom is 0.0707 e. The van der Waals surface area contributed by atoms with Crippen LogP contribution in [0.4, 0.5) is 0 Å². The van der Waals surface area contributed by atoms with Gasteiger partial charge in [0.25, 0.3) is 0 Å². The Kier molecular flexibility index (Phi) is 3.65. The fourth-order valence-electron chi connectivity index (χ4n) is 2.77. The van der Waals surface area contributed by atoms with Crippen molar-refractivity contribution in [2.75, 3.05) is 26.2 Å². The van der Waals surface area contributed by atoms with Gasteiger partial charge in [-0.05, 0) is 24.7 Å². The highest BCUT2D eigenvalue weighted by atomic mass is 16.5. The largest absolute Gasteiger partial charge is 0.372 e. The van der Waals surface area contributed by atoms with Crippen LogP contribution >= 0.6 is 0 Å². The molecule has 0 aromatic carbocycles. The summed E-state index contributed by atoms with van der Waals surface area (Å²) in [5.74, 6) is 1.69. The molecular weight excluding hydrogens is 188 g/mol. The Morgan fingerprint density at radius 3 is 2.27 bits per heavy atom. The topological polar surface area (TPSA) is 38.5 Å². The molecule has 15 heavy (non-hydrogen) atoms. The van der Waals surface area contributed by atoms with Crippen molar-refractivity contribution in [3.05, 3.63) is 0 Å². The van der Waals surface area contributed by atoms with Crippen molar-refractivity contribution in [2.24, 2.45) is 17.6 Å². The molecule has 0 aliphatic carbocycles. The predicted octanol–water partition coefficient (Wildman–Crippen LogP) is 1.08. The van der Waals surface area contributed by atoms with E-state index in [9.17, 15) is 0 Å². The van der Waals surface area contributed by atoms with Gasteiger partial charge in [0.15, 0.2) is 0 Å². The zero-order valence-corrected chi connectivity index (χ0v) is 9.98. The van der Waals surface area contributed by atoms with E-state index in [0.29, 0.717) is 18.8 Å². The number of ether oxygens (including phenoxy) is 1. The molecule has 2 aliphatic rings. The summed E-state index contributed by atoms with van der Waals surface area (Å²) in [7, 11) is 0. The summed E-state index contributed by atoms with van der Waals surface area (Å²) in [5, 5.41) is 0. The lowest BCUT2D eigenvalue weighted by Gasteiger charge is -2.20. The van der Waals surface area contributed by atoms with Crippen molar-refractivity contribution in [3.63, 3.8) is 0 Å². The molecule has 2 saturated heterocycles. The van der Waals surface area contributed by atoms with Crippen molar-refractivity contribution in [1.29, 1.82) is 0 Å². The van der Waals surface area contributed by atoms with E-state index in [0.717, 1.165) is 24.8 Å². The number of hydrogen-bond donors (Lipinski definition) is 1. The lowest BCUT2D eigenvalue weighted by atomic mass is 10.0. The zero-order chi connectivity index (χ0) is 10.8. The molecule has 0 amide bonds. The van der Waals surface area contributed by atoms with Crippen molar-refractivity contribution in [1.82, 2.24) is 4.90 Å². The van der Waals surface area contributed by atoms with Gasteiger partial charge in [0.1, 0.15) is 0 Å². The van der Waals surface area contributed by atoms with Gasteiger partial charge in [-0.15, -0.1) is 0 Å². The average Bonchev–Trinajstić information content (AvgIpc) is 2.76. The summed E-state index contributed by atoms with van der Waals surface area (Å²) in [6.07, 6.45) is 3.12. The average molecular weight is 212 g/mol. The SMILES string of the molecule is CC1CN(CC2CCC(CN)O2)CC1C. The van der Waals surface area contributed by atoms with Gasteiger partial charge in [0.2, 0.25) is 0 Å². The van der Waals surface area contributed by atoms with E-state index < -0.39 is 0 Å². The van der Waals surface area contributed by atoms with E-state index in [1.165, 1.54) is 19.5 Å². The molecule has 0 bridgehead atoms. The first-order valence-electron chi connectivity index (χ1n) is 6.27. The smallest absolute Gasteiger partial charge is 0.0707 e. The third-order valence-corrected chi connectivity index (χ3v) is 3.98. The quantitative estimate of drug-likeness (QED) is 0.761. The van der Waals surface area contributed by atoms with Gasteiger partial charge in [-0.2, -0.15) is 0 Å². The summed E-state index contributed by atoms with van der Waals surface area (Å²) in [6.45, 7) is 8.99. The molecule has 0 spiro atoms. The second-order valence-corrected chi connectivity index (χ2v) is 5.37. The number of likely N-dealkylation sites (tertiary alicyclic amines) is 1. The fourth-order valence-corrected chi connectivity index (χ4v) is 2.77. The first kappa shape index (κ1) is 11.4. The molecule has 0 saturated carbocycles. The molecule has 88 valence electrons. The van der Waals surface area contributed by atoms with Crippen LogP contribution in [0.15, 0.2) is 0 Å². The molecular formula is C12H24N2O. The van der Waals surface area contributed by atoms with Crippen LogP contribution in [-0.4, -0.2) is 43.3 Å². The van der Waals surface area contributed by atoms with Crippen LogP contribution in [0.5, 0.6) is 0 Å². The van der Waals surface area contributed by atoms with Crippen LogP contribution in [0, 0.1) is 11.8 Å². The van der Waals surface area contributed by atoms with Gasteiger partial charge in [-0.1, -0.05) is 13.8 Å². The summed E-state index contributed by atoms with van der Waals surface area (Å²) >= 11 is 0. The van der Waals surface area contributed by atoms with Gasteiger partial charge in [-0.3, -0.25) is 0 Å². The molecule has 2 heterocycles. The van der Waals surface area contributed by atoms with E-state index in [2.05, 4.69) is 18.7 Å². The van der Waals surface area contributed by atoms with Crippen molar-refractivity contribution >= 4 is 0 Å². The lowest BCUT2D eigenvalue weighted by Crippen LogP contribution is -2.32. The third-order valence-electron chi connectivity index (χ3n) is 3.98. The molecule has 2 aliphatic heterocycles. The Labute approximate surface area is 93.0 Å². The van der Waals surface area contributed by atoms with Crippen LogP contribution in [0.25, 0.3) is 0 Å². The summed E-state index contributed by atoms with van der Waals surface area (Å²) in [6, 6.07) is 0. The maximum absolute atomic E-state index is 5.88. The lowest BCUT2D eigenvalue weighted by molar-refractivity contribution is 0.0306. The van der Waals surface area contributed by atoms with Crippen LogP contribution in [0.3, 0.4) is 0 Å². The van der Waals surface area contributed by atoms with Crippen LogP contribution in [0.2, 0.25) is 0 Å². The van der Waals surface area contributed by atoms with Gasteiger partial charge in [-0.25, -0.2) is 0 Å². The Hall–Kier alpha value is -0.120. The molecule has 2 fully saturated rings. The maximum atomic E-state index is 5.88. The standard InChI is InChI=1S/C12H24N2O/c1-9-6-14(7-10(9)2)8-12-4-3-11(5-13)15-12/h9-12H,3-8,13H2,1-2H3. The first-order valence-corrected chi connectivity index (χ1v) is 6.27. The minimum atomic E-state index is 0.326. The molecule has 0 radical (unpaired) electrons. The van der Waals surface area contributed by atoms with Crippen LogP contribution in [0.1, 0.15) is 26.7 Å². The summed E-state index contributed by atoms with van der Waals surface area (Å²) in [4.78, 5) is 2.55. The second-order valence-electron chi connectivity index (χ2n) is 5.37. The summed E-state index contributed by atoms with van der Waals surface area (Å²) < 4.78 is 5.88. The minimum absolute atomic E-state index is 0.326. The molecule has 0 aromatic rings. The van der Waals surface area contributed by atoms with Crippen molar-refractivity contribution in [3.8, 4) is 0 Å². The number of hydrogen-bond acceptors (Lipinski definition) is 3. The van der Waals surface area contributed by atoms with Crippen molar-refractivity contribution < 1.29 is 4.74 Å². The highest BCUT2D eigenvalue weighted by Crippen LogP contribution is 2.25. The molecule has 3 nitrogen and oxygen atoms in total. The third kappa shape index (κ3) is 2.71. The van der Waals surface area contributed by atoms with Gasteiger partial charge in [0, 0.05) is 26.2 Å². The van der Waals surface area contributed by atoms with E-state index >= 15 is 0 Å². The molecule has 4 atom stereocenters. The first-order chi connectivity index (χ1) is 7.19. The normalized spacial score (nSPS) is 42.6. The van der Waals surface area contributed by atoms with Gasteiger partial charge in [0.05, 0.1) is 12.2 Å². The van der Waals surface area contributed by atoms with E-state index in [4.69, 9.17) is 10.5 Å². The highest BCUT2D eigenvalue weighted by molar-refractivity contribution is 4.83. The molecule has 2 rings (SSSR count). The monoisotopic (exact) mass is 212 g/mol. The van der Waals surface area contributed by atoms with Crippen LogP contribution in [-0.2, 0) is 4.74 Å². The minimum Gasteiger partial charge on any atom is -0.372 e. The Bertz CT molecular complexity index is 200. The second kappa shape index (κ2) is 4.81. The van der Waals surface area contributed by atoms with Crippen LogP contribution < -0.4 is 5.73 Å². The number of rotatable bonds is 3.